The minimum atomic E-state index is 0.0981. The number of benzene rings is 1. The first-order chi connectivity index (χ1) is 11.1. The number of carbonyl (C=O) groups excluding carboxylic acids is 1. The lowest BCUT2D eigenvalue weighted by atomic mass is 9.85. The SMILES string of the molecule is COc1ccc(CNC(=O)CC(C)C2CCCNC2)c(OC)c1. The summed E-state index contributed by atoms with van der Waals surface area (Å²) in [7, 11) is 3.25. The van der Waals surface area contributed by atoms with Crippen molar-refractivity contribution in [2.24, 2.45) is 11.8 Å². The van der Waals surface area contributed by atoms with Crippen LogP contribution in [0.5, 0.6) is 11.5 Å². The van der Waals surface area contributed by atoms with Crippen LogP contribution in [0, 0.1) is 11.8 Å². The van der Waals surface area contributed by atoms with Crippen LogP contribution in [-0.4, -0.2) is 33.2 Å². The van der Waals surface area contributed by atoms with Gasteiger partial charge < -0.3 is 20.1 Å². The monoisotopic (exact) mass is 320 g/mol. The largest absolute Gasteiger partial charge is 0.497 e. The number of methoxy groups -OCH3 is 2. The molecule has 2 atom stereocenters. The van der Waals surface area contributed by atoms with E-state index in [1.165, 1.54) is 12.8 Å². The zero-order chi connectivity index (χ0) is 16.7. The molecule has 1 fully saturated rings. The minimum Gasteiger partial charge on any atom is -0.497 e. The van der Waals surface area contributed by atoms with Crippen molar-refractivity contribution in [1.82, 2.24) is 10.6 Å². The van der Waals surface area contributed by atoms with Crippen LogP contribution in [0.15, 0.2) is 18.2 Å². The number of rotatable bonds is 7. The van der Waals surface area contributed by atoms with E-state index in [0.29, 0.717) is 24.8 Å². The highest BCUT2D eigenvalue weighted by molar-refractivity contribution is 5.76. The van der Waals surface area contributed by atoms with Crippen LogP contribution in [0.25, 0.3) is 0 Å². The number of hydrogen-bond acceptors (Lipinski definition) is 4. The van der Waals surface area contributed by atoms with Crippen molar-refractivity contribution in [3.63, 3.8) is 0 Å². The summed E-state index contributed by atoms with van der Waals surface area (Å²) in [6.45, 7) is 4.78. The molecule has 0 aliphatic carbocycles. The van der Waals surface area contributed by atoms with Crippen LogP contribution in [0.1, 0.15) is 31.7 Å². The highest BCUT2D eigenvalue weighted by Crippen LogP contribution is 2.25. The molecule has 0 aromatic heterocycles. The summed E-state index contributed by atoms with van der Waals surface area (Å²) in [5, 5.41) is 6.41. The van der Waals surface area contributed by atoms with Crippen molar-refractivity contribution in [2.45, 2.75) is 32.7 Å². The van der Waals surface area contributed by atoms with Gasteiger partial charge in [0.15, 0.2) is 0 Å². The molecule has 1 saturated heterocycles. The van der Waals surface area contributed by atoms with E-state index in [0.717, 1.165) is 30.2 Å². The van der Waals surface area contributed by atoms with Gasteiger partial charge in [-0.2, -0.15) is 0 Å². The maximum Gasteiger partial charge on any atom is 0.220 e. The average Bonchev–Trinajstić information content (AvgIpc) is 2.60. The second-order valence-corrected chi connectivity index (χ2v) is 6.24. The summed E-state index contributed by atoms with van der Waals surface area (Å²) < 4.78 is 10.5. The molecule has 0 radical (unpaired) electrons. The molecule has 0 spiro atoms. The van der Waals surface area contributed by atoms with Gasteiger partial charge in [0.1, 0.15) is 11.5 Å². The van der Waals surface area contributed by atoms with E-state index in [2.05, 4.69) is 17.6 Å². The van der Waals surface area contributed by atoms with Crippen molar-refractivity contribution in [2.75, 3.05) is 27.3 Å². The fourth-order valence-electron chi connectivity index (χ4n) is 3.09. The molecule has 0 bridgehead atoms. The fourth-order valence-corrected chi connectivity index (χ4v) is 3.09. The molecule has 1 aromatic carbocycles. The van der Waals surface area contributed by atoms with Crippen molar-refractivity contribution in [3.8, 4) is 11.5 Å². The van der Waals surface area contributed by atoms with Crippen LogP contribution >= 0.6 is 0 Å². The van der Waals surface area contributed by atoms with Crippen LogP contribution in [0.2, 0.25) is 0 Å². The van der Waals surface area contributed by atoms with Gasteiger partial charge in [0, 0.05) is 24.6 Å². The zero-order valence-electron chi connectivity index (χ0n) is 14.4. The molecular formula is C18H28N2O3. The third kappa shape index (κ3) is 5.13. The Morgan fingerprint density at radius 3 is 2.87 bits per heavy atom. The molecule has 128 valence electrons. The standard InChI is InChI=1S/C18H28N2O3/c1-13(14-5-4-8-19-11-14)9-18(21)20-12-15-6-7-16(22-2)10-17(15)23-3/h6-7,10,13-14,19H,4-5,8-9,11-12H2,1-3H3,(H,20,21). The Morgan fingerprint density at radius 2 is 2.22 bits per heavy atom. The highest BCUT2D eigenvalue weighted by atomic mass is 16.5. The fraction of sp³-hybridized carbons (Fsp3) is 0.611. The summed E-state index contributed by atoms with van der Waals surface area (Å²) in [6.07, 6.45) is 3.00. The third-order valence-corrected chi connectivity index (χ3v) is 4.62. The van der Waals surface area contributed by atoms with E-state index >= 15 is 0 Å². The predicted molar refractivity (Wildman–Crippen MR) is 90.8 cm³/mol. The van der Waals surface area contributed by atoms with Gasteiger partial charge in [-0.1, -0.05) is 6.92 Å². The first-order valence-electron chi connectivity index (χ1n) is 8.32. The van der Waals surface area contributed by atoms with E-state index in [4.69, 9.17) is 9.47 Å². The van der Waals surface area contributed by atoms with Gasteiger partial charge in [-0.3, -0.25) is 4.79 Å². The van der Waals surface area contributed by atoms with Crippen LogP contribution in [0.3, 0.4) is 0 Å². The Kier molecular flexibility index (Phi) is 6.71. The number of carbonyl (C=O) groups is 1. The van der Waals surface area contributed by atoms with E-state index in [1.807, 2.05) is 18.2 Å². The average molecular weight is 320 g/mol. The summed E-state index contributed by atoms with van der Waals surface area (Å²) in [5.74, 6) is 2.58. The van der Waals surface area contributed by atoms with Crippen molar-refractivity contribution in [1.29, 1.82) is 0 Å². The lowest BCUT2D eigenvalue weighted by Gasteiger charge is -2.28. The van der Waals surface area contributed by atoms with Crippen molar-refractivity contribution < 1.29 is 14.3 Å². The summed E-state index contributed by atoms with van der Waals surface area (Å²) in [4.78, 5) is 12.2. The molecular weight excluding hydrogens is 292 g/mol. The Hall–Kier alpha value is -1.75. The van der Waals surface area contributed by atoms with E-state index < -0.39 is 0 Å². The minimum absolute atomic E-state index is 0.0981. The Balaban J connectivity index is 1.84. The van der Waals surface area contributed by atoms with Gasteiger partial charge in [-0.05, 0) is 49.9 Å². The molecule has 5 heteroatoms. The highest BCUT2D eigenvalue weighted by Gasteiger charge is 2.22. The van der Waals surface area contributed by atoms with Crippen LogP contribution in [-0.2, 0) is 11.3 Å². The molecule has 1 aromatic rings. The number of amides is 1. The topological polar surface area (TPSA) is 59.6 Å². The van der Waals surface area contributed by atoms with E-state index in [9.17, 15) is 4.79 Å². The Bertz CT molecular complexity index is 513. The quantitative estimate of drug-likeness (QED) is 0.809. The van der Waals surface area contributed by atoms with Crippen LogP contribution in [0.4, 0.5) is 0 Å². The molecule has 1 amide bonds. The maximum atomic E-state index is 12.2. The first kappa shape index (κ1) is 17.6. The third-order valence-electron chi connectivity index (χ3n) is 4.62. The number of nitrogens with one attached hydrogen (secondary N) is 2. The smallest absolute Gasteiger partial charge is 0.220 e. The molecule has 1 aliphatic heterocycles. The zero-order valence-corrected chi connectivity index (χ0v) is 14.4. The maximum absolute atomic E-state index is 12.2. The lowest BCUT2D eigenvalue weighted by Crippen LogP contribution is -2.35. The Morgan fingerprint density at radius 1 is 1.39 bits per heavy atom. The van der Waals surface area contributed by atoms with Crippen molar-refractivity contribution in [3.05, 3.63) is 23.8 Å². The molecule has 2 unspecified atom stereocenters. The molecule has 1 heterocycles. The number of piperidine rings is 1. The van der Waals surface area contributed by atoms with Gasteiger partial charge in [-0.15, -0.1) is 0 Å². The molecule has 2 N–H and O–H groups in total. The second-order valence-electron chi connectivity index (χ2n) is 6.24. The summed E-state index contributed by atoms with van der Waals surface area (Å²) in [6, 6.07) is 5.63. The molecule has 23 heavy (non-hydrogen) atoms. The van der Waals surface area contributed by atoms with Gasteiger partial charge >= 0.3 is 0 Å². The normalized spacial score (nSPS) is 19.0. The predicted octanol–water partition coefficient (Wildman–Crippen LogP) is 2.35. The van der Waals surface area contributed by atoms with Gasteiger partial charge in [0.25, 0.3) is 0 Å². The van der Waals surface area contributed by atoms with Gasteiger partial charge in [0.2, 0.25) is 5.91 Å². The molecule has 2 rings (SSSR count). The molecule has 1 aliphatic rings. The number of hydrogen-bond donors (Lipinski definition) is 2. The second kappa shape index (κ2) is 8.77. The van der Waals surface area contributed by atoms with Crippen molar-refractivity contribution >= 4 is 5.91 Å². The van der Waals surface area contributed by atoms with Crippen LogP contribution < -0.4 is 20.1 Å². The van der Waals surface area contributed by atoms with E-state index in [-0.39, 0.29) is 5.91 Å². The van der Waals surface area contributed by atoms with E-state index in [1.54, 1.807) is 14.2 Å². The first-order valence-corrected chi connectivity index (χ1v) is 8.32. The Labute approximate surface area is 138 Å². The molecule has 5 nitrogen and oxygen atoms in total. The summed E-state index contributed by atoms with van der Waals surface area (Å²) in [5.41, 5.74) is 0.952. The summed E-state index contributed by atoms with van der Waals surface area (Å²) >= 11 is 0. The number of ether oxygens (including phenoxy) is 2. The van der Waals surface area contributed by atoms with Gasteiger partial charge in [-0.25, -0.2) is 0 Å². The van der Waals surface area contributed by atoms with Gasteiger partial charge in [0.05, 0.1) is 14.2 Å². The lowest BCUT2D eigenvalue weighted by molar-refractivity contribution is -0.122. The molecule has 0 saturated carbocycles.